The first-order valence-corrected chi connectivity index (χ1v) is 10.8. The van der Waals surface area contributed by atoms with Crippen LogP contribution in [0.15, 0.2) is 18.3 Å². The summed E-state index contributed by atoms with van der Waals surface area (Å²) in [5.74, 6) is 0.530. The van der Waals surface area contributed by atoms with Gasteiger partial charge in [-0.25, -0.2) is 14.6 Å². The summed E-state index contributed by atoms with van der Waals surface area (Å²) in [6.45, 7) is 15.6. The lowest BCUT2D eigenvalue weighted by Crippen LogP contribution is -2.42. The minimum atomic E-state index is -0.583. The van der Waals surface area contributed by atoms with Gasteiger partial charge in [-0.2, -0.15) is 0 Å². The molecule has 1 aromatic rings. The second-order valence-corrected chi connectivity index (χ2v) is 10.1. The number of hydrogen-bond acceptors (Lipinski definition) is 5. The highest BCUT2D eigenvalue weighted by Crippen LogP contribution is 2.32. The number of nitrogens with zero attached hydrogens (tertiary/aromatic N) is 3. The average Bonchev–Trinajstić information content (AvgIpc) is 2.59. The molecule has 1 unspecified atom stereocenters. The standard InChI is InChI=1S/C23H37N3O4/c1-16(2)26(21(28)30-23(6,7)8)19-13-12-17(15-24-19)18-11-9-10-14-25(18)20(27)29-22(3,4)5/h12-13,15-16,18H,9-11,14H2,1-8H3. The molecule has 1 fully saturated rings. The lowest BCUT2D eigenvalue weighted by Gasteiger charge is -2.37. The molecule has 30 heavy (non-hydrogen) atoms. The molecule has 168 valence electrons. The van der Waals surface area contributed by atoms with Crippen molar-refractivity contribution in [3.05, 3.63) is 23.9 Å². The third-order valence-electron chi connectivity index (χ3n) is 4.64. The molecule has 1 aliphatic rings. The molecule has 7 nitrogen and oxygen atoms in total. The second-order valence-electron chi connectivity index (χ2n) is 10.1. The normalized spacial score (nSPS) is 17.6. The maximum atomic E-state index is 12.7. The summed E-state index contributed by atoms with van der Waals surface area (Å²) < 4.78 is 11.1. The maximum Gasteiger partial charge on any atom is 0.416 e. The molecule has 0 bridgehead atoms. The van der Waals surface area contributed by atoms with E-state index in [2.05, 4.69) is 4.98 Å². The highest BCUT2D eigenvalue weighted by molar-refractivity contribution is 5.87. The zero-order chi connectivity index (χ0) is 22.7. The number of rotatable bonds is 3. The Kier molecular flexibility index (Phi) is 7.37. The summed E-state index contributed by atoms with van der Waals surface area (Å²) in [4.78, 5) is 33.2. The number of anilines is 1. The second kappa shape index (κ2) is 9.23. The smallest absolute Gasteiger partial charge is 0.416 e. The van der Waals surface area contributed by atoms with E-state index >= 15 is 0 Å². The molecule has 1 saturated heterocycles. The van der Waals surface area contributed by atoms with Crippen LogP contribution >= 0.6 is 0 Å². The molecule has 1 aliphatic heterocycles. The molecule has 0 saturated carbocycles. The summed E-state index contributed by atoms with van der Waals surface area (Å²) in [5.41, 5.74) is -0.177. The Morgan fingerprint density at radius 1 is 1.07 bits per heavy atom. The fourth-order valence-electron chi connectivity index (χ4n) is 3.43. The van der Waals surface area contributed by atoms with E-state index in [0.717, 1.165) is 24.8 Å². The lowest BCUT2D eigenvalue weighted by molar-refractivity contribution is 0.00947. The minimum absolute atomic E-state index is 0.0795. The van der Waals surface area contributed by atoms with Gasteiger partial charge in [-0.1, -0.05) is 6.07 Å². The number of carbonyl (C=O) groups is 2. The third-order valence-corrected chi connectivity index (χ3v) is 4.64. The molecular weight excluding hydrogens is 382 g/mol. The van der Waals surface area contributed by atoms with Gasteiger partial charge in [-0.15, -0.1) is 0 Å². The maximum absolute atomic E-state index is 12.7. The number of aromatic nitrogens is 1. The molecule has 0 spiro atoms. The van der Waals surface area contributed by atoms with Gasteiger partial charge >= 0.3 is 12.2 Å². The largest absolute Gasteiger partial charge is 0.444 e. The van der Waals surface area contributed by atoms with Crippen LogP contribution in [0.1, 0.15) is 86.3 Å². The Bertz CT molecular complexity index is 732. The summed E-state index contributed by atoms with van der Waals surface area (Å²) in [6.07, 6.45) is 3.89. The highest BCUT2D eigenvalue weighted by atomic mass is 16.6. The molecule has 1 aromatic heterocycles. The number of pyridine rings is 1. The zero-order valence-corrected chi connectivity index (χ0v) is 19.7. The van der Waals surface area contributed by atoms with Crippen molar-refractivity contribution in [1.82, 2.24) is 9.88 Å². The fourth-order valence-corrected chi connectivity index (χ4v) is 3.43. The Balaban J connectivity index is 2.23. The Labute approximate surface area is 180 Å². The van der Waals surface area contributed by atoms with Crippen molar-refractivity contribution in [2.75, 3.05) is 11.4 Å². The quantitative estimate of drug-likeness (QED) is 0.629. The molecule has 7 heteroatoms. The number of amides is 2. The van der Waals surface area contributed by atoms with E-state index in [0.29, 0.717) is 12.4 Å². The van der Waals surface area contributed by atoms with Gasteiger partial charge in [0.25, 0.3) is 0 Å². The van der Waals surface area contributed by atoms with Crippen LogP contribution in [0.5, 0.6) is 0 Å². The molecule has 2 rings (SSSR count). The van der Waals surface area contributed by atoms with Crippen LogP contribution in [0.4, 0.5) is 15.4 Å². The van der Waals surface area contributed by atoms with Gasteiger partial charge in [0.2, 0.25) is 0 Å². The van der Waals surface area contributed by atoms with E-state index in [4.69, 9.17) is 9.47 Å². The van der Waals surface area contributed by atoms with Gasteiger partial charge < -0.3 is 14.4 Å². The lowest BCUT2D eigenvalue weighted by atomic mass is 9.97. The molecule has 2 heterocycles. The van der Waals surface area contributed by atoms with Crippen LogP contribution in [0, 0.1) is 0 Å². The summed E-state index contributed by atoms with van der Waals surface area (Å²) in [7, 11) is 0. The zero-order valence-electron chi connectivity index (χ0n) is 19.7. The Morgan fingerprint density at radius 2 is 1.70 bits per heavy atom. The van der Waals surface area contributed by atoms with Crippen molar-refractivity contribution in [3.63, 3.8) is 0 Å². The highest BCUT2D eigenvalue weighted by Gasteiger charge is 2.32. The summed E-state index contributed by atoms with van der Waals surface area (Å²) in [5, 5.41) is 0. The summed E-state index contributed by atoms with van der Waals surface area (Å²) >= 11 is 0. The number of hydrogen-bond donors (Lipinski definition) is 0. The first kappa shape index (κ1) is 24.0. The SMILES string of the molecule is CC(C)N(C(=O)OC(C)(C)C)c1ccc(C2CCCCN2C(=O)OC(C)(C)C)cn1. The minimum Gasteiger partial charge on any atom is -0.444 e. The third kappa shape index (κ3) is 6.61. The fraction of sp³-hybridized carbons (Fsp3) is 0.696. The van der Waals surface area contributed by atoms with E-state index in [1.807, 2.05) is 67.5 Å². The van der Waals surface area contributed by atoms with Crippen molar-refractivity contribution >= 4 is 18.0 Å². The summed E-state index contributed by atoms with van der Waals surface area (Å²) in [6, 6.07) is 3.58. The first-order valence-electron chi connectivity index (χ1n) is 10.8. The van der Waals surface area contributed by atoms with Gasteiger partial charge in [0, 0.05) is 18.8 Å². The van der Waals surface area contributed by atoms with Gasteiger partial charge in [-0.3, -0.25) is 4.90 Å². The van der Waals surface area contributed by atoms with Crippen molar-refractivity contribution in [2.45, 2.75) is 97.9 Å². The molecule has 0 radical (unpaired) electrons. The molecule has 0 aliphatic carbocycles. The van der Waals surface area contributed by atoms with Gasteiger partial charge in [-0.05, 0) is 86.3 Å². The number of likely N-dealkylation sites (tertiary alicyclic amines) is 1. The van der Waals surface area contributed by atoms with Gasteiger partial charge in [0.05, 0.1) is 6.04 Å². The van der Waals surface area contributed by atoms with Gasteiger partial charge in [0.15, 0.2) is 0 Å². The van der Waals surface area contributed by atoms with E-state index in [1.165, 1.54) is 0 Å². The average molecular weight is 420 g/mol. The predicted molar refractivity (Wildman–Crippen MR) is 118 cm³/mol. The number of carbonyl (C=O) groups excluding carboxylic acids is 2. The number of piperidine rings is 1. The van der Waals surface area contributed by atoms with Crippen LogP contribution in [0.25, 0.3) is 0 Å². The van der Waals surface area contributed by atoms with Crippen molar-refractivity contribution in [3.8, 4) is 0 Å². The molecule has 0 N–H and O–H groups in total. The van der Waals surface area contributed by atoms with Crippen LogP contribution in [0.2, 0.25) is 0 Å². The van der Waals surface area contributed by atoms with E-state index in [9.17, 15) is 9.59 Å². The van der Waals surface area contributed by atoms with Crippen molar-refractivity contribution < 1.29 is 19.1 Å². The van der Waals surface area contributed by atoms with Crippen molar-refractivity contribution in [1.29, 1.82) is 0 Å². The molecule has 1 atom stereocenters. The van der Waals surface area contributed by atoms with E-state index < -0.39 is 17.3 Å². The number of ether oxygens (including phenoxy) is 2. The van der Waals surface area contributed by atoms with Crippen LogP contribution < -0.4 is 4.90 Å². The molecule has 0 aromatic carbocycles. The van der Waals surface area contributed by atoms with Crippen LogP contribution in [-0.2, 0) is 9.47 Å². The molecular formula is C23H37N3O4. The van der Waals surface area contributed by atoms with E-state index in [-0.39, 0.29) is 18.2 Å². The predicted octanol–water partition coefficient (Wildman–Crippen LogP) is 5.69. The van der Waals surface area contributed by atoms with E-state index in [1.54, 1.807) is 16.0 Å². The Morgan fingerprint density at radius 3 is 2.20 bits per heavy atom. The van der Waals surface area contributed by atoms with Crippen molar-refractivity contribution in [2.24, 2.45) is 0 Å². The monoisotopic (exact) mass is 419 g/mol. The Hall–Kier alpha value is -2.31. The van der Waals surface area contributed by atoms with Crippen LogP contribution in [0.3, 0.4) is 0 Å². The first-order chi connectivity index (χ1) is 13.8. The molecule has 2 amide bonds. The topological polar surface area (TPSA) is 72.0 Å². The van der Waals surface area contributed by atoms with Crippen LogP contribution in [-0.4, -0.2) is 45.9 Å². The van der Waals surface area contributed by atoms with Gasteiger partial charge in [0.1, 0.15) is 17.0 Å².